The van der Waals surface area contributed by atoms with Crippen LogP contribution in [0, 0.1) is 0 Å². The van der Waals surface area contributed by atoms with Crippen LogP contribution in [0.2, 0.25) is 0 Å². The van der Waals surface area contributed by atoms with Crippen molar-refractivity contribution in [1.82, 2.24) is 0 Å². The first-order valence-corrected chi connectivity index (χ1v) is 9.49. The van der Waals surface area contributed by atoms with E-state index in [1.807, 2.05) is 60.7 Å². The molecule has 1 aliphatic rings. The molecule has 148 valence electrons. The zero-order valence-electron chi connectivity index (χ0n) is 16.3. The molecule has 0 fully saturated rings. The van der Waals surface area contributed by atoms with Crippen molar-refractivity contribution in [3.05, 3.63) is 89.5 Å². The molecule has 3 N–H and O–H groups in total. The summed E-state index contributed by atoms with van der Waals surface area (Å²) in [5.74, 6) is -0.402. The Morgan fingerprint density at radius 3 is 2.10 bits per heavy atom. The van der Waals surface area contributed by atoms with E-state index >= 15 is 0 Å². The number of benzene rings is 3. The Kier molecular flexibility index (Phi) is 4.86. The average molecular weight is 389 g/mol. The number of nitrogens with two attached hydrogens (primary N) is 1. The van der Waals surface area contributed by atoms with E-state index in [1.54, 1.807) is 14.0 Å². The second-order valence-electron chi connectivity index (χ2n) is 7.19. The van der Waals surface area contributed by atoms with Gasteiger partial charge < -0.3 is 20.3 Å². The highest BCUT2D eigenvalue weighted by Crippen LogP contribution is 2.54. The fraction of sp³-hybridized carbons (Fsp3) is 0.208. The van der Waals surface area contributed by atoms with Crippen LogP contribution in [0.5, 0.6) is 5.75 Å². The van der Waals surface area contributed by atoms with Crippen LogP contribution in [0.3, 0.4) is 0 Å². The number of hydrogen-bond donors (Lipinski definition) is 2. The summed E-state index contributed by atoms with van der Waals surface area (Å²) >= 11 is 0. The topological polar surface area (TPSA) is 81.8 Å². The first-order valence-electron chi connectivity index (χ1n) is 9.49. The quantitative estimate of drug-likeness (QED) is 0.670. The van der Waals surface area contributed by atoms with Crippen LogP contribution in [0.1, 0.15) is 23.6 Å². The van der Waals surface area contributed by atoms with Crippen molar-refractivity contribution in [2.24, 2.45) is 5.73 Å². The third kappa shape index (κ3) is 2.99. The van der Waals surface area contributed by atoms with Crippen molar-refractivity contribution in [3.63, 3.8) is 0 Å². The monoisotopic (exact) mass is 389 g/mol. The fourth-order valence-corrected chi connectivity index (χ4v) is 4.10. The number of hydrogen-bond acceptors (Lipinski definition) is 4. The maximum Gasteiger partial charge on any atom is 0.323 e. The van der Waals surface area contributed by atoms with E-state index in [2.05, 4.69) is 12.1 Å². The lowest BCUT2D eigenvalue weighted by atomic mass is 9.83. The van der Waals surface area contributed by atoms with Crippen LogP contribution in [0.4, 0.5) is 0 Å². The number of carbonyl (C=O) groups is 1. The average Bonchev–Trinajstić information content (AvgIpc) is 3.04. The molecule has 4 rings (SSSR count). The van der Waals surface area contributed by atoms with Gasteiger partial charge in [0.05, 0.1) is 13.2 Å². The molecular formula is C24H23NO4. The molecule has 3 aromatic carbocycles. The molecule has 0 radical (unpaired) electrons. The van der Waals surface area contributed by atoms with Gasteiger partial charge in [0.15, 0.2) is 0 Å². The van der Waals surface area contributed by atoms with E-state index in [0.29, 0.717) is 5.75 Å². The van der Waals surface area contributed by atoms with Crippen molar-refractivity contribution < 1.29 is 19.4 Å². The van der Waals surface area contributed by atoms with E-state index in [0.717, 1.165) is 27.8 Å². The Morgan fingerprint density at radius 1 is 0.966 bits per heavy atom. The van der Waals surface area contributed by atoms with Crippen molar-refractivity contribution >= 4 is 5.97 Å². The smallest absolute Gasteiger partial charge is 0.323 e. The zero-order valence-corrected chi connectivity index (χ0v) is 16.3. The molecule has 5 nitrogen and oxygen atoms in total. The molecule has 1 unspecified atom stereocenters. The molecule has 0 aliphatic heterocycles. The highest BCUT2D eigenvalue weighted by Gasteiger charge is 2.47. The van der Waals surface area contributed by atoms with Crippen molar-refractivity contribution in [2.45, 2.75) is 24.7 Å². The van der Waals surface area contributed by atoms with E-state index in [4.69, 9.17) is 15.2 Å². The summed E-state index contributed by atoms with van der Waals surface area (Å²) in [6, 6.07) is 22.6. The van der Waals surface area contributed by atoms with Gasteiger partial charge in [-0.25, -0.2) is 0 Å². The number of aliphatic carboxylic acids is 1. The van der Waals surface area contributed by atoms with Gasteiger partial charge in [0, 0.05) is 11.1 Å². The third-order valence-corrected chi connectivity index (χ3v) is 5.53. The lowest BCUT2D eigenvalue weighted by molar-refractivity contribution is -0.144. The minimum absolute atomic E-state index is 0.697. The summed E-state index contributed by atoms with van der Waals surface area (Å²) in [5.41, 5.74) is 9.82. The molecule has 5 heteroatoms. The molecule has 0 amide bonds. The van der Waals surface area contributed by atoms with Crippen LogP contribution in [-0.2, 0) is 15.1 Å². The summed E-state index contributed by atoms with van der Waals surface area (Å²) in [5, 5.41) is 9.43. The molecular weight excluding hydrogens is 366 g/mol. The van der Waals surface area contributed by atoms with Gasteiger partial charge in [-0.15, -0.1) is 0 Å². The van der Waals surface area contributed by atoms with Gasteiger partial charge in [0.1, 0.15) is 17.4 Å². The van der Waals surface area contributed by atoms with Crippen LogP contribution in [-0.4, -0.2) is 30.3 Å². The predicted molar refractivity (Wildman–Crippen MR) is 111 cm³/mol. The van der Waals surface area contributed by atoms with Crippen LogP contribution < -0.4 is 10.5 Å². The van der Waals surface area contributed by atoms with Gasteiger partial charge in [-0.3, -0.25) is 4.79 Å². The predicted octanol–water partition coefficient (Wildman–Crippen LogP) is 3.78. The molecule has 2 atom stereocenters. The Balaban J connectivity index is 2.00. The van der Waals surface area contributed by atoms with E-state index in [-0.39, 0.29) is 0 Å². The molecule has 0 aromatic heterocycles. The number of carboxylic acids is 1. The normalized spacial score (nSPS) is 15.8. The molecule has 0 spiro atoms. The minimum Gasteiger partial charge on any atom is -0.497 e. The van der Waals surface area contributed by atoms with Crippen LogP contribution >= 0.6 is 0 Å². The minimum atomic E-state index is -1.16. The van der Waals surface area contributed by atoms with Crippen LogP contribution in [0.15, 0.2) is 72.8 Å². The van der Waals surface area contributed by atoms with Gasteiger partial charge in [-0.2, -0.15) is 0 Å². The number of methoxy groups -OCH3 is 1. The largest absolute Gasteiger partial charge is 0.497 e. The van der Waals surface area contributed by atoms with Gasteiger partial charge in [-0.05, 0) is 35.7 Å². The molecule has 1 aliphatic carbocycles. The van der Waals surface area contributed by atoms with Gasteiger partial charge in [0.25, 0.3) is 0 Å². The van der Waals surface area contributed by atoms with E-state index in [9.17, 15) is 9.90 Å². The van der Waals surface area contributed by atoms with Crippen LogP contribution in [0.25, 0.3) is 11.1 Å². The first kappa shape index (κ1) is 19.2. The van der Waals surface area contributed by atoms with Crippen molar-refractivity contribution in [2.75, 3.05) is 7.11 Å². The third-order valence-electron chi connectivity index (χ3n) is 5.53. The Bertz CT molecular complexity index is 1020. The number of fused-ring (bicyclic) bond motifs is 3. The summed E-state index contributed by atoms with van der Waals surface area (Å²) in [4.78, 5) is 11.5. The zero-order chi connectivity index (χ0) is 20.6. The molecule has 0 bridgehead atoms. The maximum atomic E-state index is 11.5. The summed E-state index contributed by atoms with van der Waals surface area (Å²) in [7, 11) is 1.62. The van der Waals surface area contributed by atoms with Gasteiger partial charge in [0.2, 0.25) is 0 Å². The van der Waals surface area contributed by atoms with Gasteiger partial charge >= 0.3 is 5.97 Å². The Hall–Kier alpha value is -3.15. The number of ether oxygens (including phenoxy) is 2. The highest BCUT2D eigenvalue weighted by molar-refractivity contribution is 5.82. The SMILES string of the molecule is COc1cccc(C2(OC(C)[C@H](N)C(=O)O)c3ccccc3-c3ccccc32)c1. The van der Waals surface area contributed by atoms with Crippen molar-refractivity contribution in [3.8, 4) is 16.9 Å². The second kappa shape index (κ2) is 7.35. The van der Waals surface area contributed by atoms with E-state index < -0.39 is 23.7 Å². The lowest BCUT2D eigenvalue weighted by Crippen LogP contribution is -2.46. The highest BCUT2D eigenvalue weighted by atomic mass is 16.5. The second-order valence-corrected chi connectivity index (χ2v) is 7.19. The maximum absolute atomic E-state index is 11.5. The number of rotatable bonds is 6. The molecule has 0 saturated carbocycles. The summed E-state index contributed by atoms with van der Waals surface area (Å²) in [6.45, 7) is 1.70. The molecule has 0 heterocycles. The van der Waals surface area contributed by atoms with Gasteiger partial charge in [-0.1, -0.05) is 60.7 Å². The summed E-state index contributed by atoms with van der Waals surface area (Å²) in [6.07, 6.45) is -0.738. The molecule has 0 saturated heterocycles. The Morgan fingerprint density at radius 2 is 1.55 bits per heavy atom. The standard InChI is InChI=1S/C24H23NO4/c1-15(22(25)23(26)27)29-24(16-8-7-9-17(14-16)28-2)20-12-5-3-10-18(20)19-11-4-6-13-21(19)24/h3-15,22H,25H2,1-2H3,(H,26,27)/t15?,22-/m0/s1. The summed E-state index contributed by atoms with van der Waals surface area (Å²) < 4.78 is 12.1. The molecule has 29 heavy (non-hydrogen) atoms. The van der Waals surface area contributed by atoms with Crippen molar-refractivity contribution in [1.29, 1.82) is 0 Å². The first-order chi connectivity index (χ1) is 14.0. The lowest BCUT2D eigenvalue weighted by Gasteiger charge is -2.36. The van der Waals surface area contributed by atoms with E-state index in [1.165, 1.54) is 0 Å². The Labute approximate surface area is 169 Å². The molecule has 3 aromatic rings. The fourth-order valence-electron chi connectivity index (χ4n) is 4.10. The number of carboxylic acid groups (broad SMARTS) is 1.